The summed E-state index contributed by atoms with van der Waals surface area (Å²) in [4.78, 5) is 17.4. The van der Waals surface area contributed by atoms with Gasteiger partial charge in [-0.25, -0.2) is 4.98 Å². The molecule has 0 unspecified atom stereocenters. The predicted octanol–water partition coefficient (Wildman–Crippen LogP) is 4.13. The molecule has 1 N–H and O–H groups in total. The van der Waals surface area contributed by atoms with E-state index in [4.69, 9.17) is 0 Å². The van der Waals surface area contributed by atoms with E-state index in [9.17, 15) is 4.79 Å². The van der Waals surface area contributed by atoms with Gasteiger partial charge in [0, 0.05) is 11.7 Å². The summed E-state index contributed by atoms with van der Waals surface area (Å²) in [6, 6.07) is 10.2. The maximum absolute atomic E-state index is 13.0. The second kappa shape index (κ2) is 5.45. The largest absolute Gasteiger partial charge is 0.347 e. The fourth-order valence-corrected chi connectivity index (χ4v) is 5.34. The van der Waals surface area contributed by atoms with Crippen molar-refractivity contribution in [2.45, 2.75) is 53.0 Å². The summed E-state index contributed by atoms with van der Waals surface area (Å²) in [6.07, 6.45) is 5.47. The second-order valence-electron chi connectivity index (χ2n) is 8.71. The molecule has 2 fully saturated rings. The van der Waals surface area contributed by atoms with Crippen molar-refractivity contribution in [3.8, 4) is 5.69 Å². The van der Waals surface area contributed by atoms with Crippen molar-refractivity contribution in [3.05, 3.63) is 48.0 Å². The highest BCUT2D eigenvalue weighted by molar-refractivity contribution is 5.93. The van der Waals surface area contributed by atoms with Gasteiger partial charge in [0.1, 0.15) is 12.0 Å². The fourth-order valence-electron chi connectivity index (χ4n) is 5.34. The SMILES string of the molecule is Cc1c(C(=O)N[C@H]2C(C)(C)[C@H]3CC[C@]2(C)C3)ncn1-c1ccccc1. The second-order valence-corrected chi connectivity index (χ2v) is 8.71. The summed E-state index contributed by atoms with van der Waals surface area (Å²) >= 11 is 0. The van der Waals surface area contributed by atoms with Crippen molar-refractivity contribution in [1.82, 2.24) is 14.9 Å². The van der Waals surface area contributed by atoms with Crippen LogP contribution in [0.2, 0.25) is 0 Å². The maximum Gasteiger partial charge on any atom is 0.272 e. The van der Waals surface area contributed by atoms with Gasteiger partial charge >= 0.3 is 0 Å². The fraction of sp³-hybridized carbons (Fsp3) is 0.524. The molecule has 4 rings (SSSR count). The molecule has 0 spiro atoms. The van der Waals surface area contributed by atoms with E-state index in [1.165, 1.54) is 19.3 Å². The van der Waals surface area contributed by atoms with Crippen molar-refractivity contribution in [2.75, 3.05) is 0 Å². The minimum atomic E-state index is -0.0426. The minimum absolute atomic E-state index is 0.0426. The zero-order valence-corrected chi connectivity index (χ0v) is 15.5. The number of amides is 1. The van der Waals surface area contributed by atoms with E-state index >= 15 is 0 Å². The van der Waals surface area contributed by atoms with Crippen LogP contribution in [0.25, 0.3) is 5.69 Å². The summed E-state index contributed by atoms with van der Waals surface area (Å²) in [5.74, 6) is 0.671. The molecule has 0 aliphatic heterocycles. The van der Waals surface area contributed by atoms with Gasteiger partial charge in [-0.05, 0) is 55.1 Å². The van der Waals surface area contributed by atoms with Gasteiger partial charge in [-0.1, -0.05) is 39.0 Å². The third-order valence-electron chi connectivity index (χ3n) is 6.80. The first-order chi connectivity index (χ1) is 11.8. The smallest absolute Gasteiger partial charge is 0.272 e. The Labute approximate surface area is 149 Å². The number of nitrogens with zero attached hydrogens (tertiary/aromatic N) is 2. The molecule has 2 bridgehead atoms. The van der Waals surface area contributed by atoms with Gasteiger partial charge < -0.3 is 9.88 Å². The number of hydrogen-bond acceptors (Lipinski definition) is 2. The summed E-state index contributed by atoms with van der Waals surface area (Å²) in [6.45, 7) is 8.91. The molecular weight excluding hydrogens is 310 g/mol. The Morgan fingerprint density at radius 1 is 1.24 bits per heavy atom. The Morgan fingerprint density at radius 2 is 1.96 bits per heavy atom. The number of para-hydroxylation sites is 1. The summed E-state index contributed by atoms with van der Waals surface area (Å²) in [7, 11) is 0. The molecule has 1 heterocycles. The van der Waals surface area contributed by atoms with Gasteiger partial charge in [-0.2, -0.15) is 0 Å². The van der Waals surface area contributed by atoms with Crippen molar-refractivity contribution in [1.29, 1.82) is 0 Å². The molecule has 2 aromatic rings. The van der Waals surface area contributed by atoms with E-state index in [1.807, 2.05) is 41.8 Å². The van der Waals surface area contributed by atoms with Crippen molar-refractivity contribution in [3.63, 3.8) is 0 Å². The minimum Gasteiger partial charge on any atom is -0.347 e. The molecule has 0 radical (unpaired) electrons. The van der Waals surface area contributed by atoms with E-state index in [-0.39, 0.29) is 22.8 Å². The maximum atomic E-state index is 13.0. The van der Waals surface area contributed by atoms with E-state index in [0.29, 0.717) is 11.6 Å². The Morgan fingerprint density at radius 3 is 2.60 bits per heavy atom. The van der Waals surface area contributed by atoms with E-state index in [0.717, 1.165) is 11.4 Å². The highest BCUT2D eigenvalue weighted by Gasteiger charge is 2.59. The number of nitrogens with one attached hydrogen (secondary N) is 1. The Bertz CT molecular complexity index is 803. The van der Waals surface area contributed by atoms with E-state index in [2.05, 4.69) is 31.1 Å². The highest BCUT2D eigenvalue weighted by atomic mass is 16.2. The van der Waals surface area contributed by atoms with Gasteiger partial charge in [0.05, 0.1) is 5.69 Å². The first-order valence-electron chi connectivity index (χ1n) is 9.23. The molecular formula is C21H27N3O. The molecule has 25 heavy (non-hydrogen) atoms. The number of aromatic nitrogens is 2. The first kappa shape index (κ1) is 16.4. The van der Waals surface area contributed by atoms with Crippen molar-refractivity contribution in [2.24, 2.45) is 16.7 Å². The number of carbonyl (C=O) groups is 1. The number of rotatable bonds is 3. The van der Waals surface area contributed by atoms with Gasteiger partial charge in [-0.15, -0.1) is 0 Å². The lowest BCUT2D eigenvalue weighted by Crippen LogP contribution is -2.52. The van der Waals surface area contributed by atoms with Crippen LogP contribution in [0.4, 0.5) is 0 Å². The average Bonchev–Trinajstić information content (AvgIpc) is 3.21. The third kappa shape index (κ3) is 2.42. The van der Waals surface area contributed by atoms with Gasteiger partial charge in [0.25, 0.3) is 5.91 Å². The van der Waals surface area contributed by atoms with Crippen LogP contribution < -0.4 is 5.32 Å². The summed E-state index contributed by atoms with van der Waals surface area (Å²) in [5, 5.41) is 3.35. The molecule has 4 nitrogen and oxygen atoms in total. The van der Waals surface area contributed by atoms with Crippen LogP contribution in [0.15, 0.2) is 36.7 Å². The zero-order valence-electron chi connectivity index (χ0n) is 15.5. The van der Waals surface area contributed by atoms with Crippen LogP contribution in [-0.4, -0.2) is 21.5 Å². The molecule has 2 aliphatic rings. The quantitative estimate of drug-likeness (QED) is 0.915. The molecule has 4 heteroatoms. The Kier molecular flexibility index (Phi) is 3.57. The molecule has 1 aromatic carbocycles. The van der Waals surface area contributed by atoms with Crippen LogP contribution in [0.5, 0.6) is 0 Å². The molecule has 2 saturated carbocycles. The topological polar surface area (TPSA) is 46.9 Å². The van der Waals surface area contributed by atoms with E-state index in [1.54, 1.807) is 6.33 Å². The van der Waals surface area contributed by atoms with Gasteiger partial charge in [-0.3, -0.25) is 4.79 Å². The molecule has 3 atom stereocenters. The lowest BCUT2D eigenvalue weighted by molar-refractivity contribution is 0.0733. The Balaban J connectivity index is 1.60. The molecule has 0 saturated heterocycles. The molecule has 1 aromatic heterocycles. The highest BCUT2D eigenvalue weighted by Crippen LogP contribution is 2.62. The average molecular weight is 337 g/mol. The number of imidazole rings is 1. The van der Waals surface area contributed by atoms with Gasteiger partial charge in [0.15, 0.2) is 0 Å². The zero-order chi connectivity index (χ0) is 17.8. The Hall–Kier alpha value is -2.10. The van der Waals surface area contributed by atoms with E-state index < -0.39 is 0 Å². The molecule has 132 valence electrons. The number of benzene rings is 1. The molecule has 2 aliphatic carbocycles. The summed E-state index contributed by atoms with van der Waals surface area (Å²) < 4.78 is 1.97. The lowest BCUT2D eigenvalue weighted by atomic mass is 9.68. The van der Waals surface area contributed by atoms with Crippen molar-refractivity contribution >= 4 is 5.91 Å². The third-order valence-corrected chi connectivity index (χ3v) is 6.80. The van der Waals surface area contributed by atoms with Crippen LogP contribution in [-0.2, 0) is 0 Å². The van der Waals surface area contributed by atoms with Crippen LogP contribution in [0, 0.1) is 23.7 Å². The predicted molar refractivity (Wildman–Crippen MR) is 98.8 cm³/mol. The number of fused-ring (bicyclic) bond motifs is 2. The normalized spacial score (nSPS) is 29.8. The first-order valence-corrected chi connectivity index (χ1v) is 9.23. The van der Waals surface area contributed by atoms with Crippen LogP contribution in [0.3, 0.4) is 0 Å². The number of carbonyl (C=O) groups excluding carboxylic acids is 1. The van der Waals surface area contributed by atoms with Gasteiger partial charge in [0.2, 0.25) is 0 Å². The standard InChI is InChI=1S/C21H27N3O/c1-14-17(22-13-24(14)16-8-6-5-7-9-16)18(25)23-19-20(2,3)15-10-11-21(19,4)12-15/h5-9,13,15,19H,10-12H2,1-4H3,(H,23,25)/t15-,19-,21+/m0/s1. The monoisotopic (exact) mass is 337 g/mol. The summed E-state index contributed by atoms with van der Waals surface area (Å²) in [5.41, 5.74) is 2.82. The molecule has 1 amide bonds. The van der Waals surface area contributed by atoms with Crippen LogP contribution in [0.1, 0.15) is 56.2 Å². The van der Waals surface area contributed by atoms with Crippen LogP contribution >= 0.6 is 0 Å². The number of hydrogen-bond donors (Lipinski definition) is 1. The van der Waals surface area contributed by atoms with Crippen molar-refractivity contribution < 1.29 is 4.79 Å². The lowest BCUT2D eigenvalue weighted by Gasteiger charge is -2.43.